The van der Waals surface area contributed by atoms with Crippen LogP contribution in [0.25, 0.3) is 22.2 Å². The summed E-state index contributed by atoms with van der Waals surface area (Å²) >= 11 is 0. The molecule has 0 aliphatic carbocycles. The Bertz CT molecular complexity index is 942. The van der Waals surface area contributed by atoms with E-state index >= 15 is 0 Å². The number of nitrogens with one attached hydrogen (secondary N) is 3. The monoisotopic (exact) mass is 326 g/mol. The van der Waals surface area contributed by atoms with Gasteiger partial charge in [-0.3, -0.25) is 9.59 Å². The van der Waals surface area contributed by atoms with Gasteiger partial charge in [-0.2, -0.15) is 0 Å². The highest BCUT2D eigenvalue weighted by molar-refractivity contribution is 5.91. The molecular weight excluding hydrogens is 308 g/mol. The predicted octanol–water partition coefficient (Wildman–Crippen LogP) is 0.704. The number of rotatable bonds is 6. The van der Waals surface area contributed by atoms with E-state index in [4.69, 9.17) is 10.8 Å². The van der Waals surface area contributed by atoms with E-state index < -0.39 is 5.91 Å². The molecule has 0 saturated carbocycles. The SMILES string of the molecule is NC(=O)c1ccc(-c2cc3cc(CNCCO)ccc3[nH]2)c(=O)[nH]1. The van der Waals surface area contributed by atoms with Gasteiger partial charge in [0, 0.05) is 24.0 Å². The van der Waals surface area contributed by atoms with Crippen LogP contribution in [0.5, 0.6) is 0 Å². The van der Waals surface area contributed by atoms with E-state index in [1.165, 1.54) is 6.07 Å². The fourth-order valence-corrected chi connectivity index (χ4v) is 2.58. The van der Waals surface area contributed by atoms with Crippen LogP contribution in [0.4, 0.5) is 0 Å². The molecule has 0 atom stereocenters. The van der Waals surface area contributed by atoms with Crippen molar-refractivity contribution in [3.63, 3.8) is 0 Å². The first-order chi connectivity index (χ1) is 11.6. The summed E-state index contributed by atoms with van der Waals surface area (Å²) in [5, 5.41) is 12.9. The second-order valence-electron chi connectivity index (χ2n) is 5.48. The van der Waals surface area contributed by atoms with Gasteiger partial charge in [0.15, 0.2) is 0 Å². The number of carbonyl (C=O) groups excluding carboxylic acids is 1. The van der Waals surface area contributed by atoms with Crippen LogP contribution < -0.4 is 16.6 Å². The Morgan fingerprint density at radius 1 is 1.17 bits per heavy atom. The lowest BCUT2D eigenvalue weighted by Crippen LogP contribution is -2.19. The molecule has 3 rings (SSSR count). The fraction of sp³-hybridized carbons (Fsp3) is 0.176. The van der Waals surface area contributed by atoms with Crippen molar-refractivity contribution in [1.82, 2.24) is 15.3 Å². The first kappa shape index (κ1) is 16.0. The van der Waals surface area contributed by atoms with Crippen molar-refractivity contribution in [2.75, 3.05) is 13.2 Å². The third-order valence-corrected chi connectivity index (χ3v) is 3.77. The summed E-state index contributed by atoms with van der Waals surface area (Å²) in [5.41, 5.74) is 7.97. The molecule has 2 aromatic heterocycles. The van der Waals surface area contributed by atoms with Gasteiger partial charge in [0.2, 0.25) is 0 Å². The molecule has 0 spiro atoms. The molecule has 0 radical (unpaired) electrons. The number of hydrogen-bond acceptors (Lipinski definition) is 4. The van der Waals surface area contributed by atoms with E-state index in [-0.39, 0.29) is 17.9 Å². The zero-order valence-electron chi connectivity index (χ0n) is 12.9. The van der Waals surface area contributed by atoms with E-state index in [1.54, 1.807) is 6.07 Å². The lowest BCUT2D eigenvalue weighted by molar-refractivity contribution is 0.0995. The summed E-state index contributed by atoms with van der Waals surface area (Å²) in [6.45, 7) is 1.30. The molecule has 7 nitrogen and oxygen atoms in total. The van der Waals surface area contributed by atoms with Crippen molar-refractivity contribution in [2.45, 2.75) is 6.54 Å². The maximum Gasteiger partial charge on any atom is 0.265 e. The van der Waals surface area contributed by atoms with Gasteiger partial charge in [0.1, 0.15) is 5.69 Å². The number of primary amides is 1. The van der Waals surface area contributed by atoms with Crippen LogP contribution in [0.2, 0.25) is 0 Å². The van der Waals surface area contributed by atoms with Crippen LogP contribution in [0.1, 0.15) is 16.1 Å². The molecule has 0 bridgehead atoms. The molecule has 24 heavy (non-hydrogen) atoms. The molecule has 7 heteroatoms. The molecular formula is C17H18N4O3. The van der Waals surface area contributed by atoms with Crippen LogP contribution >= 0.6 is 0 Å². The van der Waals surface area contributed by atoms with Gasteiger partial charge in [0.05, 0.1) is 17.9 Å². The molecule has 1 aromatic carbocycles. The summed E-state index contributed by atoms with van der Waals surface area (Å²) < 4.78 is 0. The number of hydrogen-bond donors (Lipinski definition) is 5. The fourth-order valence-electron chi connectivity index (χ4n) is 2.58. The molecule has 0 aliphatic heterocycles. The minimum Gasteiger partial charge on any atom is -0.395 e. The number of carbonyl (C=O) groups is 1. The van der Waals surface area contributed by atoms with Crippen molar-refractivity contribution < 1.29 is 9.90 Å². The zero-order valence-corrected chi connectivity index (χ0v) is 12.9. The van der Waals surface area contributed by atoms with Crippen LogP contribution in [0.15, 0.2) is 41.2 Å². The summed E-state index contributed by atoms with van der Waals surface area (Å²) in [6, 6.07) is 10.9. The van der Waals surface area contributed by atoms with Crippen molar-refractivity contribution in [2.24, 2.45) is 5.73 Å². The zero-order chi connectivity index (χ0) is 17.1. The van der Waals surface area contributed by atoms with Crippen molar-refractivity contribution >= 4 is 16.8 Å². The van der Waals surface area contributed by atoms with Gasteiger partial charge in [0.25, 0.3) is 11.5 Å². The minimum absolute atomic E-state index is 0.0807. The molecule has 1 amide bonds. The van der Waals surface area contributed by atoms with Crippen LogP contribution in [0, 0.1) is 0 Å². The van der Waals surface area contributed by atoms with Gasteiger partial charge in [-0.05, 0) is 35.9 Å². The molecule has 0 unspecified atom stereocenters. The Balaban J connectivity index is 1.93. The molecule has 2 heterocycles. The first-order valence-corrected chi connectivity index (χ1v) is 7.55. The van der Waals surface area contributed by atoms with Crippen LogP contribution in [-0.4, -0.2) is 34.1 Å². The number of amides is 1. The Labute approximate surface area is 137 Å². The van der Waals surface area contributed by atoms with E-state index in [0.717, 1.165) is 16.5 Å². The lowest BCUT2D eigenvalue weighted by Gasteiger charge is -2.02. The normalized spacial score (nSPS) is 11.0. The van der Waals surface area contributed by atoms with Crippen molar-refractivity contribution in [3.05, 3.63) is 58.0 Å². The molecule has 6 N–H and O–H groups in total. The predicted molar refractivity (Wildman–Crippen MR) is 91.7 cm³/mol. The number of nitrogens with two attached hydrogens (primary N) is 1. The average molecular weight is 326 g/mol. The third-order valence-electron chi connectivity index (χ3n) is 3.77. The highest BCUT2D eigenvalue weighted by Gasteiger charge is 2.10. The number of aromatic nitrogens is 2. The first-order valence-electron chi connectivity index (χ1n) is 7.55. The quantitative estimate of drug-likeness (QED) is 0.428. The number of aliphatic hydroxyl groups excluding tert-OH is 1. The second kappa shape index (κ2) is 6.69. The van der Waals surface area contributed by atoms with E-state index in [1.807, 2.05) is 24.3 Å². The summed E-state index contributed by atoms with van der Waals surface area (Å²) in [7, 11) is 0. The molecule has 0 aliphatic rings. The molecule has 124 valence electrons. The lowest BCUT2D eigenvalue weighted by atomic mass is 10.1. The van der Waals surface area contributed by atoms with Gasteiger partial charge in [-0.25, -0.2) is 0 Å². The molecule has 0 fully saturated rings. The van der Waals surface area contributed by atoms with Crippen LogP contribution in [0.3, 0.4) is 0 Å². The average Bonchev–Trinajstić information content (AvgIpc) is 2.97. The summed E-state index contributed by atoms with van der Waals surface area (Å²) in [6.07, 6.45) is 0. The van der Waals surface area contributed by atoms with Gasteiger partial charge < -0.3 is 26.1 Å². The van der Waals surface area contributed by atoms with Crippen molar-refractivity contribution in [1.29, 1.82) is 0 Å². The number of benzene rings is 1. The number of H-pyrrole nitrogens is 2. The maximum absolute atomic E-state index is 12.1. The Morgan fingerprint density at radius 2 is 2.00 bits per heavy atom. The number of aromatic amines is 2. The second-order valence-corrected chi connectivity index (χ2v) is 5.48. The molecule has 0 saturated heterocycles. The molecule has 3 aromatic rings. The third kappa shape index (κ3) is 3.22. The summed E-state index contributed by atoms with van der Waals surface area (Å²) in [4.78, 5) is 28.9. The van der Waals surface area contributed by atoms with Gasteiger partial charge >= 0.3 is 0 Å². The topological polar surface area (TPSA) is 124 Å². The van der Waals surface area contributed by atoms with Crippen LogP contribution in [-0.2, 0) is 6.54 Å². The number of fused-ring (bicyclic) bond motifs is 1. The Hall–Kier alpha value is -2.90. The minimum atomic E-state index is -0.671. The Morgan fingerprint density at radius 3 is 2.71 bits per heavy atom. The highest BCUT2D eigenvalue weighted by Crippen LogP contribution is 2.23. The highest BCUT2D eigenvalue weighted by atomic mass is 16.3. The largest absolute Gasteiger partial charge is 0.395 e. The Kier molecular flexibility index (Phi) is 4.45. The van der Waals surface area contributed by atoms with E-state index in [2.05, 4.69) is 15.3 Å². The van der Waals surface area contributed by atoms with Gasteiger partial charge in [-0.15, -0.1) is 0 Å². The van der Waals surface area contributed by atoms with Gasteiger partial charge in [-0.1, -0.05) is 6.07 Å². The smallest absolute Gasteiger partial charge is 0.265 e. The number of aliphatic hydroxyl groups is 1. The van der Waals surface area contributed by atoms with E-state index in [9.17, 15) is 9.59 Å². The summed E-state index contributed by atoms with van der Waals surface area (Å²) in [5.74, 6) is -0.671. The number of pyridine rings is 1. The standard InChI is InChI=1S/C17H18N4O3/c18-16(23)14-4-2-12(17(24)21-14)15-8-11-7-10(9-19-5-6-22)1-3-13(11)20-15/h1-4,7-8,19-20,22H,5-6,9H2,(H2,18,23)(H,21,24). The van der Waals surface area contributed by atoms with E-state index in [0.29, 0.717) is 24.3 Å². The maximum atomic E-state index is 12.1. The van der Waals surface area contributed by atoms with Crippen molar-refractivity contribution in [3.8, 4) is 11.3 Å².